The molecule has 2 aliphatic rings. The molecule has 0 radical (unpaired) electrons. The first kappa shape index (κ1) is 18.0. The van der Waals surface area contributed by atoms with Crippen LogP contribution < -0.4 is 5.32 Å². The third-order valence-electron chi connectivity index (χ3n) is 5.51. The summed E-state index contributed by atoms with van der Waals surface area (Å²) in [5.74, 6) is 0.637. The number of hydrogen-bond donors (Lipinski definition) is 1. The predicted molar refractivity (Wildman–Crippen MR) is 96.6 cm³/mol. The largest absolute Gasteiger partial charge is 0.376 e. The maximum Gasteiger partial charge on any atom is 0.239 e. The summed E-state index contributed by atoms with van der Waals surface area (Å²) in [4.78, 5) is 14.7. The summed E-state index contributed by atoms with van der Waals surface area (Å²) in [5, 5.41) is 12.7. The maximum absolute atomic E-state index is 12.6. The highest BCUT2D eigenvalue weighted by Crippen LogP contribution is 2.37. The molecule has 1 saturated carbocycles. The zero-order valence-corrected chi connectivity index (χ0v) is 15.5. The number of aromatic nitrogens is 1. The maximum atomic E-state index is 12.6. The highest BCUT2D eigenvalue weighted by Gasteiger charge is 2.27. The van der Waals surface area contributed by atoms with Crippen molar-refractivity contribution >= 4 is 11.7 Å². The van der Waals surface area contributed by atoms with Gasteiger partial charge in [-0.15, -0.1) is 0 Å². The number of carbonyl (C=O) groups excluding carboxylic acids is 1. The van der Waals surface area contributed by atoms with Gasteiger partial charge in [-0.3, -0.25) is 9.69 Å². The summed E-state index contributed by atoms with van der Waals surface area (Å²) in [5.41, 5.74) is 2.68. The van der Waals surface area contributed by atoms with Crippen LogP contribution in [0.5, 0.6) is 0 Å². The minimum Gasteiger partial charge on any atom is -0.376 e. The fourth-order valence-electron chi connectivity index (χ4n) is 4.11. The quantitative estimate of drug-likeness (QED) is 0.912. The average molecular weight is 344 g/mol. The van der Waals surface area contributed by atoms with Gasteiger partial charge >= 0.3 is 0 Å². The van der Waals surface area contributed by atoms with Crippen molar-refractivity contribution in [3.05, 3.63) is 16.8 Å². The second-order valence-electron chi connectivity index (χ2n) is 7.32. The standard InChI is InChI=1S/C19H28N4O2/c1-13-11-22(8-9-25-13)12-18(24)21-19-17(10-20)14(2)15(3)23(19)16-6-4-5-7-16/h13,16H,4-9,11-12H2,1-3H3,(H,21,24)/t13-/m1/s1. The molecular weight excluding hydrogens is 316 g/mol. The Kier molecular flexibility index (Phi) is 5.45. The Morgan fingerprint density at radius 2 is 2.08 bits per heavy atom. The minimum atomic E-state index is -0.0534. The minimum absolute atomic E-state index is 0.0534. The van der Waals surface area contributed by atoms with Gasteiger partial charge in [0.25, 0.3) is 0 Å². The molecule has 0 unspecified atom stereocenters. The lowest BCUT2D eigenvalue weighted by Crippen LogP contribution is -2.44. The molecule has 1 saturated heterocycles. The summed E-state index contributed by atoms with van der Waals surface area (Å²) in [6.45, 7) is 8.58. The van der Waals surface area contributed by atoms with E-state index in [0.29, 0.717) is 30.6 Å². The Hall–Kier alpha value is -1.84. The molecule has 2 heterocycles. The van der Waals surface area contributed by atoms with Gasteiger partial charge in [0.15, 0.2) is 0 Å². The number of nitrogens with one attached hydrogen (secondary N) is 1. The second kappa shape index (κ2) is 7.59. The monoisotopic (exact) mass is 344 g/mol. The number of ether oxygens (including phenoxy) is 1. The number of amides is 1. The van der Waals surface area contributed by atoms with E-state index in [2.05, 4.69) is 20.9 Å². The molecule has 1 aromatic heterocycles. The lowest BCUT2D eigenvalue weighted by molar-refractivity contribution is -0.119. The van der Waals surface area contributed by atoms with Crippen LogP contribution in [0.25, 0.3) is 0 Å². The zero-order chi connectivity index (χ0) is 18.0. The molecule has 25 heavy (non-hydrogen) atoms. The van der Waals surface area contributed by atoms with Crippen molar-refractivity contribution in [2.75, 3.05) is 31.6 Å². The van der Waals surface area contributed by atoms with Crippen molar-refractivity contribution in [2.45, 2.75) is 58.6 Å². The van der Waals surface area contributed by atoms with Gasteiger partial charge < -0.3 is 14.6 Å². The molecule has 136 valence electrons. The highest BCUT2D eigenvalue weighted by molar-refractivity contribution is 5.93. The van der Waals surface area contributed by atoms with Crippen molar-refractivity contribution in [1.82, 2.24) is 9.47 Å². The van der Waals surface area contributed by atoms with Crippen LogP contribution in [-0.4, -0.2) is 47.7 Å². The van der Waals surface area contributed by atoms with E-state index in [9.17, 15) is 10.1 Å². The summed E-state index contributed by atoms with van der Waals surface area (Å²) in [6.07, 6.45) is 4.81. The van der Waals surface area contributed by atoms with E-state index < -0.39 is 0 Å². The SMILES string of the molecule is Cc1c(C#N)c(NC(=O)CN2CCO[C@H](C)C2)n(C2CCCC2)c1C. The molecule has 3 rings (SSSR count). The molecule has 2 fully saturated rings. The van der Waals surface area contributed by atoms with Crippen molar-refractivity contribution in [1.29, 1.82) is 5.26 Å². The third-order valence-corrected chi connectivity index (χ3v) is 5.51. The van der Waals surface area contributed by atoms with Gasteiger partial charge in [0, 0.05) is 24.8 Å². The molecule has 1 aliphatic heterocycles. The van der Waals surface area contributed by atoms with Crippen molar-refractivity contribution in [3.63, 3.8) is 0 Å². The topological polar surface area (TPSA) is 70.3 Å². The zero-order valence-electron chi connectivity index (χ0n) is 15.5. The van der Waals surface area contributed by atoms with Gasteiger partial charge in [-0.1, -0.05) is 12.8 Å². The van der Waals surface area contributed by atoms with Gasteiger partial charge in [-0.05, 0) is 39.2 Å². The highest BCUT2D eigenvalue weighted by atomic mass is 16.5. The Morgan fingerprint density at radius 3 is 2.72 bits per heavy atom. The molecule has 6 heteroatoms. The van der Waals surface area contributed by atoms with E-state index in [1.54, 1.807) is 0 Å². The molecule has 1 N–H and O–H groups in total. The summed E-state index contributed by atoms with van der Waals surface area (Å²) in [6, 6.07) is 2.68. The first-order chi connectivity index (χ1) is 12.0. The van der Waals surface area contributed by atoms with Crippen LogP contribution in [0.2, 0.25) is 0 Å². The van der Waals surface area contributed by atoms with Crippen molar-refractivity contribution < 1.29 is 9.53 Å². The van der Waals surface area contributed by atoms with E-state index in [-0.39, 0.29) is 12.0 Å². The van der Waals surface area contributed by atoms with E-state index in [1.165, 1.54) is 12.8 Å². The van der Waals surface area contributed by atoms with Crippen LogP contribution >= 0.6 is 0 Å². The first-order valence-corrected chi connectivity index (χ1v) is 9.26. The predicted octanol–water partition coefficient (Wildman–Crippen LogP) is 2.75. The van der Waals surface area contributed by atoms with Gasteiger partial charge in [-0.2, -0.15) is 5.26 Å². The molecule has 1 amide bonds. The number of rotatable bonds is 4. The Balaban J connectivity index is 1.79. The molecule has 0 bridgehead atoms. The lowest BCUT2D eigenvalue weighted by Gasteiger charge is -2.30. The lowest BCUT2D eigenvalue weighted by atomic mass is 10.2. The number of hydrogen-bond acceptors (Lipinski definition) is 4. The van der Waals surface area contributed by atoms with Crippen LogP contribution in [0.15, 0.2) is 0 Å². The average Bonchev–Trinajstić information content (AvgIpc) is 3.15. The van der Waals surface area contributed by atoms with Gasteiger partial charge in [0.2, 0.25) is 5.91 Å². The van der Waals surface area contributed by atoms with Crippen LogP contribution in [0.3, 0.4) is 0 Å². The van der Waals surface area contributed by atoms with E-state index >= 15 is 0 Å². The molecule has 0 aromatic carbocycles. The van der Waals surface area contributed by atoms with Gasteiger partial charge in [0.1, 0.15) is 11.9 Å². The van der Waals surface area contributed by atoms with Gasteiger partial charge in [0.05, 0.1) is 24.8 Å². The Bertz CT molecular complexity index is 683. The van der Waals surface area contributed by atoms with Crippen LogP contribution in [-0.2, 0) is 9.53 Å². The van der Waals surface area contributed by atoms with E-state index in [1.807, 2.05) is 20.8 Å². The molecule has 1 aromatic rings. The smallest absolute Gasteiger partial charge is 0.239 e. The Morgan fingerprint density at radius 1 is 1.36 bits per heavy atom. The normalized spacial score (nSPS) is 22.1. The van der Waals surface area contributed by atoms with Crippen molar-refractivity contribution in [2.24, 2.45) is 0 Å². The number of nitriles is 1. The van der Waals surface area contributed by atoms with Crippen LogP contribution in [0, 0.1) is 25.2 Å². The summed E-state index contributed by atoms with van der Waals surface area (Å²) >= 11 is 0. The number of carbonyl (C=O) groups is 1. The number of anilines is 1. The van der Waals surface area contributed by atoms with Crippen molar-refractivity contribution in [3.8, 4) is 6.07 Å². The van der Waals surface area contributed by atoms with Gasteiger partial charge in [-0.25, -0.2) is 0 Å². The number of nitrogens with zero attached hydrogens (tertiary/aromatic N) is 3. The van der Waals surface area contributed by atoms with Crippen LogP contribution in [0.4, 0.5) is 5.82 Å². The molecular formula is C19H28N4O2. The third kappa shape index (κ3) is 3.73. The molecule has 6 nitrogen and oxygen atoms in total. The summed E-state index contributed by atoms with van der Waals surface area (Å²) < 4.78 is 7.72. The molecule has 1 atom stereocenters. The fourth-order valence-corrected chi connectivity index (χ4v) is 4.11. The van der Waals surface area contributed by atoms with E-state index in [4.69, 9.17) is 4.74 Å². The van der Waals surface area contributed by atoms with E-state index in [0.717, 1.165) is 37.2 Å². The summed E-state index contributed by atoms with van der Waals surface area (Å²) in [7, 11) is 0. The van der Waals surface area contributed by atoms with Crippen LogP contribution in [0.1, 0.15) is 55.5 Å². The fraction of sp³-hybridized carbons (Fsp3) is 0.684. The molecule has 1 aliphatic carbocycles. The second-order valence-corrected chi connectivity index (χ2v) is 7.32. The first-order valence-electron chi connectivity index (χ1n) is 9.26. The Labute approximate surface area is 149 Å². The molecule has 0 spiro atoms. The number of morpholine rings is 1.